The number of hydrogen-bond donors (Lipinski definition) is 0. The first-order valence-electron chi connectivity index (χ1n) is 3.93. The van der Waals surface area contributed by atoms with Crippen molar-refractivity contribution in [3.05, 3.63) is 35.9 Å². The first-order valence-corrected chi connectivity index (χ1v) is 4.85. The summed E-state index contributed by atoms with van der Waals surface area (Å²) < 4.78 is 0. The van der Waals surface area contributed by atoms with E-state index in [1.807, 2.05) is 0 Å². The fraction of sp³-hybridized carbons (Fsp3) is 0.400. The highest BCUT2D eigenvalue weighted by Gasteiger charge is 2.49. The Morgan fingerprint density at radius 2 is 1.91 bits per heavy atom. The summed E-state index contributed by atoms with van der Waals surface area (Å²) in [5.74, 6) is 0. The number of hydrogen-bond acceptors (Lipinski definition) is 0. The highest BCUT2D eigenvalue weighted by atomic mass is 79.9. The Hall–Kier alpha value is -0.300. The maximum Gasteiger partial charge on any atom is 0.0249 e. The van der Waals surface area contributed by atoms with E-state index in [9.17, 15) is 0 Å². The Morgan fingerprint density at radius 1 is 1.36 bits per heavy atom. The van der Waals surface area contributed by atoms with Gasteiger partial charge in [-0.1, -0.05) is 53.2 Å². The molecule has 0 saturated heterocycles. The fourth-order valence-corrected chi connectivity index (χ4v) is 2.37. The van der Waals surface area contributed by atoms with Gasteiger partial charge in [-0.3, -0.25) is 0 Å². The zero-order chi connectivity index (χ0) is 7.90. The van der Waals surface area contributed by atoms with Gasteiger partial charge in [0.2, 0.25) is 0 Å². The predicted octanol–water partition coefficient (Wildman–Crippen LogP) is 3.11. The van der Waals surface area contributed by atoms with Gasteiger partial charge in [0, 0.05) is 10.2 Å². The molecule has 1 aliphatic carbocycles. The molecular formula is C10H11Br. The molecule has 0 nitrogen and oxygen atoms in total. The molecule has 1 fully saturated rings. The molecule has 2 atom stereocenters. The average molecular weight is 211 g/mol. The van der Waals surface area contributed by atoms with Crippen LogP contribution in [0.4, 0.5) is 0 Å². The van der Waals surface area contributed by atoms with E-state index < -0.39 is 0 Å². The van der Waals surface area contributed by atoms with Gasteiger partial charge >= 0.3 is 0 Å². The normalized spacial score (nSPS) is 35.3. The molecule has 1 aromatic rings. The summed E-state index contributed by atoms with van der Waals surface area (Å²) in [4.78, 5) is 0.692. The lowest BCUT2D eigenvalue weighted by Crippen LogP contribution is -2.02. The van der Waals surface area contributed by atoms with Gasteiger partial charge in [-0.25, -0.2) is 0 Å². The minimum Gasteiger partial charge on any atom is -0.0881 e. The van der Waals surface area contributed by atoms with E-state index in [1.54, 1.807) is 0 Å². The molecule has 0 N–H and O–H groups in total. The Balaban J connectivity index is 2.32. The lowest BCUT2D eigenvalue weighted by Gasteiger charge is -2.07. The highest BCUT2D eigenvalue weighted by molar-refractivity contribution is 9.09. The van der Waals surface area contributed by atoms with Crippen LogP contribution >= 0.6 is 15.9 Å². The van der Waals surface area contributed by atoms with Crippen LogP contribution in [0.5, 0.6) is 0 Å². The molecule has 0 bridgehead atoms. The number of halogens is 1. The molecule has 11 heavy (non-hydrogen) atoms. The van der Waals surface area contributed by atoms with Crippen molar-refractivity contribution in [2.45, 2.75) is 23.6 Å². The molecule has 1 heteroatoms. The van der Waals surface area contributed by atoms with Crippen molar-refractivity contribution in [1.29, 1.82) is 0 Å². The van der Waals surface area contributed by atoms with Gasteiger partial charge in [0.05, 0.1) is 0 Å². The quantitative estimate of drug-likeness (QED) is 0.626. The van der Waals surface area contributed by atoms with Crippen molar-refractivity contribution in [1.82, 2.24) is 0 Å². The van der Waals surface area contributed by atoms with E-state index in [-0.39, 0.29) is 0 Å². The van der Waals surface area contributed by atoms with Crippen molar-refractivity contribution in [2.24, 2.45) is 0 Å². The zero-order valence-corrected chi connectivity index (χ0v) is 8.14. The first-order chi connectivity index (χ1) is 5.23. The van der Waals surface area contributed by atoms with Gasteiger partial charge < -0.3 is 0 Å². The van der Waals surface area contributed by atoms with Crippen LogP contribution in [0.15, 0.2) is 30.3 Å². The van der Waals surface area contributed by atoms with Gasteiger partial charge in [-0.05, 0) is 12.0 Å². The van der Waals surface area contributed by atoms with E-state index in [4.69, 9.17) is 0 Å². The molecular weight excluding hydrogens is 200 g/mol. The minimum absolute atomic E-state index is 0.418. The van der Waals surface area contributed by atoms with Gasteiger partial charge in [-0.2, -0.15) is 0 Å². The summed E-state index contributed by atoms with van der Waals surface area (Å²) in [6.45, 7) is 2.31. The molecule has 0 spiro atoms. The predicted molar refractivity (Wildman–Crippen MR) is 51.1 cm³/mol. The molecule has 1 aliphatic rings. The lowest BCUT2D eigenvalue weighted by atomic mass is 9.99. The number of alkyl halides is 1. The smallest absolute Gasteiger partial charge is 0.0249 e. The van der Waals surface area contributed by atoms with Crippen molar-refractivity contribution in [2.75, 3.05) is 0 Å². The maximum atomic E-state index is 3.64. The molecule has 58 valence electrons. The SMILES string of the molecule is C[C@]1(c2ccccc2)C[C@@H]1Br. The monoisotopic (exact) mass is 210 g/mol. The summed E-state index contributed by atoms with van der Waals surface area (Å²) in [6, 6.07) is 10.7. The highest BCUT2D eigenvalue weighted by Crippen LogP contribution is 2.52. The molecule has 0 aromatic heterocycles. The minimum atomic E-state index is 0.418. The third kappa shape index (κ3) is 1.12. The summed E-state index contributed by atoms with van der Waals surface area (Å²) in [6.07, 6.45) is 1.27. The molecule has 0 heterocycles. The Bertz CT molecular complexity index is 255. The molecule has 2 rings (SSSR count). The van der Waals surface area contributed by atoms with Crippen molar-refractivity contribution in [3.8, 4) is 0 Å². The van der Waals surface area contributed by atoms with Crippen LogP contribution in [0.3, 0.4) is 0 Å². The maximum absolute atomic E-state index is 3.64. The molecule has 0 radical (unpaired) electrons. The van der Waals surface area contributed by atoms with Crippen LogP contribution in [0.1, 0.15) is 18.9 Å². The standard InChI is InChI=1S/C10H11Br/c1-10(7-9(10)11)8-5-3-2-4-6-8/h2-6,9H,7H2,1H3/t9-,10+/m0/s1. The largest absolute Gasteiger partial charge is 0.0881 e. The number of benzene rings is 1. The molecule has 1 aromatic carbocycles. The van der Waals surface area contributed by atoms with Crippen LogP contribution in [-0.2, 0) is 5.41 Å². The third-order valence-corrected chi connectivity index (χ3v) is 3.90. The topological polar surface area (TPSA) is 0 Å². The average Bonchev–Trinajstić information content (AvgIpc) is 2.64. The van der Waals surface area contributed by atoms with E-state index in [0.717, 1.165) is 0 Å². The second-order valence-corrected chi connectivity index (χ2v) is 4.56. The van der Waals surface area contributed by atoms with Crippen LogP contribution in [0.25, 0.3) is 0 Å². The summed E-state index contributed by atoms with van der Waals surface area (Å²) in [5, 5.41) is 0. The van der Waals surface area contributed by atoms with Gasteiger partial charge in [-0.15, -0.1) is 0 Å². The van der Waals surface area contributed by atoms with Crippen LogP contribution in [-0.4, -0.2) is 4.83 Å². The Morgan fingerprint density at radius 3 is 2.36 bits per heavy atom. The van der Waals surface area contributed by atoms with Gasteiger partial charge in [0.25, 0.3) is 0 Å². The van der Waals surface area contributed by atoms with Crippen molar-refractivity contribution < 1.29 is 0 Å². The molecule has 0 amide bonds. The zero-order valence-electron chi connectivity index (χ0n) is 6.55. The molecule has 1 saturated carbocycles. The lowest BCUT2D eigenvalue weighted by molar-refractivity contribution is 0.795. The summed E-state index contributed by atoms with van der Waals surface area (Å²) in [7, 11) is 0. The van der Waals surface area contributed by atoms with E-state index >= 15 is 0 Å². The summed E-state index contributed by atoms with van der Waals surface area (Å²) in [5.41, 5.74) is 1.88. The second kappa shape index (κ2) is 2.34. The van der Waals surface area contributed by atoms with E-state index in [0.29, 0.717) is 10.2 Å². The van der Waals surface area contributed by atoms with Crippen molar-refractivity contribution >= 4 is 15.9 Å². The van der Waals surface area contributed by atoms with Gasteiger partial charge in [0.1, 0.15) is 0 Å². The summed E-state index contributed by atoms with van der Waals surface area (Å²) >= 11 is 3.64. The molecule has 0 unspecified atom stereocenters. The van der Waals surface area contributed by atoms with Crippen LogP contribution in [0, 0.1) is 0 Å². The van der Waals surface area contributed by atoms with Gasteiger partial charge in [0.15, 0.2) is 0 Å². The van der Waals surface area contributed by atoms with Crippen LogP contribution < -0.4 is 0 Å². The third-order valence-electron chi connectivity index (χ3n) is 2.57. The van der Waals surface area contributed by atoms with E-state index in [1.165, 1.54) is 12.0 Å². The second-order valence-electron chi connectivity index (χ2n) is 3.46. The fourth-order valence-electron chi connectivity index (χ4n) is 1.43. The Labute approximate surface area is 75.8 Å². The number of rotatable bonds is 1. The van der Waals surface area contributed by atoms with E-state index in [2.05, 4.69) is 53.2 Å². The van der Waals surface area contributed by atoms with Crippen LogP contribution in [0.2, 0.25) is 0 Å². The van der Waals surface area contributed by atoms with Crippen molar-refractivity contribution in [3.63, 3.8) is 0 Å². The first kappa shape index (κ1) is 7.35. The molecule has 0 aliphatic heterocycles. The Kier molecular flexibility index (Phi) is 1.57.